The molecule has 1 heterocycles. The molecule has 2 N–H and O–H groups in total. The highest BCUT2D eigenvalue weighted by molar-refractivity contribution is 5.78. The maximum absolute atomic E-state index is 13.0. The van der Waals surface area contributed by atoms with Crippen LogP contribution in [0.25, 0.3) is 11.0 Å². The van der Waals surface area contributed by atoms with E-state index in [1.807, 2.05) is 32.9 Å². The molecule has 0 aliphatic heterocycles. The van der Waals surface area contributed by atoms with Crippen molar-refractivity contribution in [3.63, 3.8) is 0 Å². The lowest BCUT2D eigenvalue weighted by Gasteiger charge is -2.34. The fourth-order valence-electron chi connectivity index (χ4n) is 4.30. The summed E-state index contributed by atoms with van der Waals surface area (Å²) in [7, 11) is 1.71. The first kappa shape index (κ1) is 29.8. The Labute approximate surface area is 226 Å². The minimum absolute atomic E-state index is 0.0417. The number of carbonyl (C=O) groups excluding carboxylic acids is 1. The van der Waals surface area contributed by atoms with Crippen LogP contribution in [0.5, 0.6) is 0 Å². The number of methoxy groups -OCH3 is 1. The Morgan fingerprint density at radius 2 is 1.74 bits per heavy atom. The number of halogens is 1. The van der Waals surface area contributed by atoms with Crippen molar-refractivity contribution in [2.45, 2.75) is 58.6 Å². The van der Waals surface area contributed by atoms with Crippen LogP contribution in [0, 0.1) is 17.7 Å². The highest BCUT2D eigenvalue weighted by Gasteiger charge is 2.28. The zero-order valence-electron chi connectivity index (χ0n) is 23.2. The topological polar surface area (TPSA) is 72.7 Å². The van der Waals surface area contributed by atoms with Crippen molar-refractivity contribution in [2.24, 2.45) is 11.8 Å². The van der Waals surface area contributed by atoms with Crippen LogP contribution < -0.4 is 10.6 Å². The lowest BCUT2D eigenvalue weighted by molar-refractivity contribution is -0.110. The van der Waals surface area contributed by atoms with Gasteiger partial charge < -0.3 is 24.5 Å². The summed E-state index contributed by atoms with van der Waals surface area (Å²) in [5.41, 5.74) is 3.23. The van der Waals surface area contributed by atoms with Gasteiger partial charge in [-0.05, 0) is 87.3 Å². The van der Waals surface area contributed by atoms with E-state index in [9.17, 15) is 9.18 Å². The molecule has 1 aromatic heterocycles. The van der Waals surface area contributed by atoms with Crippen LogP contribution in [0.15, 0.2) is 52.9 Å². The maximum atomic E-state index is 13.0. The van der Waals surface area contributed by atoms with Crippen molar-refractivity contribution >= 4 is 17.4 Å². The molecule has 4 rings (SSSR count). The number of ether oxygens (including phenoxy) is 2. The number of hydrogen-bond donors (Lipinski definition) is 2. The van der Waals surface area contributed by atoms with Crippen molar-refractivity contribution in [1.29, 1.82) is 0 Å². The Morgan fingerprint density at radius 3 is 2.42 bits per heavy atom. The molecule has 1 saturated carbocycles. The molecule has 0 spiro atoms. The number of carbonyl (C=O) groups is 1. The Balaban J connectivity index is 0.000000599. The number of benzene rings is 2. The number of hydrogen-bond acceptors (Lipinski definition) is 5. The predicted molar refractivity (Wildman–Crippen MR) is 150 cm³/mol. The summed E-state index contributed by atoms with van der Waals surface area (Å²) in [6.45, 7) is 9.93. The summed E-state index contributed by atoms with van der Waals surface area (Å²) in [4.78, 5) is 10.3. The van der Waals surface area contributed by atoms with Gasteiger partial charge in [-0.25, -0.2) is 4.39 Å². The van der Waals surface area contributed by atoms with Crippen molar-refractivity contribution in [3.05, 3.63) is 71.2 Å². The second kappa shape index (κ2) is 15.0. The van der Waals surface area contributed by atoms with Gasteiger partial charge in [-0.3, -0.25) is 4.79 Å². The Morgan fingerprint density at radius 1 is 1.03 bits per heavy atom. The molecule has 1 fully saturated rings. The van der Waals surface area contributed by atoms with Gasteiger partial charge >= 0.3 is 0 Å². The molecule has 3 aromatic rings. The fourth-order valence-corrected chi connectivity index (χ4v) is 4.30. The SMILES string of the molecule is COC(C)(C)C.O=CNCC1CC(COCCNCc2ccc3cc(CCc4ccc(F)cc4)oc3c2)C1. The second-order valence-corrected chi connectivity index (χ2v) is 11.0. The average molecular weight is 527 g/mol. The molecule has 6 nitrogen and oxygen atoms in total. The van der Waals surface area contributed by atoms with Crippen molar-refractivity contribution in [1.82, 2.24) is 10.6 Å². The third-order valence-corrected chi connectivity index (χ3v) is 6.75. The molecule has 7 heteroatoms. The zero-order chi connectivity index (χ0) is 27.4. The van der Waals surface area contributed by atoms with E-state index in [1.165, 1.54) is 17.7 Å². The molecule has 38 heavy (non-hydrogen) atoms. The standard InChI is InChI=1S/C26H31FN2O3.C5H12O/c27-24-6-2-19(3-7-24)4-8-25-14-23-5-1-20(13-26(23)32-25)15-28-9-10-31-17-22-11-21(12-22)16-29-18-30;1-5(2,3)6-4/h1-3,5-7,13-14,18,21-22,28H,4,8-12,15-17H2,(H,29,30);1-4H3. The summed E-state index contributed by atoms with van der Waals surface area (Å²) in [5.74, 6) is 1.99. The Hall–Kier alpha value is -2.74. The Kier molecular flexibility index (Phi) is 11.8. The highest BCUT2D eigenvalue weighted by Crippen LogP contribution is 2.33. The molecule has 2 aromatic carbocycles. The third-order valence-electron chi connectivity index (χ3n) is 6.75. The van der Waals surface area contributed by atoms with Crippen molar-refractivity contribution in [3.8, 4) is 0 Å². The number of furan rings is 1. The summed E-state index contributed by atoms with van der Waals surface area (Å²) in [5, 5.41) is 7.28. The van der Waals surface area contributed by atoms with E-state index in [1.54, 1.807) is 7.11 Å². The van der Waals surface area contributed by atoms with Gasteiger partial charge in [0.05, 0.1) is 12.2 Å². The van der Waals surface area contributed by atoms with Gasteiger partial charge in [0, 0.05) is 45.2 Å². The second-order valence-electron chi connectivity index (χ2n) is 11.0. The highest BCUT2D eigenvalue weighted by atomic mass is 19.1. The summed E-state index contributed by atoms with van der Waals surface area (Å²) in [6, 6.07) is 15.0. The van der Waals surface area contributed by atoms with Crippen LogP contribution in [-0.4, -0.2) is 45.4 Å². The molecular weight excluding hydrogens is 483 g/mol. The van der Waals surface area contributed by atoms with Crippen molar-refractivity contribution < 1.29 is 23.1 Å². The molecule has 0 saturated heterocycles. The summed E-state index contributed by atoms with van der Waals surface area (Å²) >= 11 is 0. The van der Waals surface area contributed by atoms with E-state index in [-0.39, 0.29) is 11.4 Å². The predicted octanol–water partition coefficient (Wildman–Crippen LogP) is 5.67. The molecule has 0 radical (unpaired) electrons. The monoisotopic (exact) mass is 526 g/mol. The van der Waals surface area contributed by atoms with Gasteiger partial charge in [-0.1, -0.05) is 24.3 Å². The summed E-state index contributed by atoms with van der Waals surface area (Å²) in [6.07, 6.45) is 4.67. The van der Waals surface area contributed by atoms with Gasteiger partial charge in [0.15, 0.2) is 0 Å². The van der Waals surface area contributed by atoms with Crippen molar-refractivity contribution in [2.75, 3.05) is 33.4 Å². The first-order valence-corrected chi connectivity index (χ1v) is 13.5. The Bertz CT molecular complexity index is 1100. The van der Waals surface area contributed by atoms with E-state index >= 15 is 0 Å². The molecular formula is C31H43FN2O4. The molecule has 1 aliphatic carbocycles. The molecule has 208 valence electrons. The first-order chi connectivity index (χ1) is 18.3. The normalized spacial score (nSPS) is 17.0. The first-order valence-electron chi connectivity index (χ1n) is 13.5. The van der Waals surface area contributed by atoms with Crippen LogP contribution in [0.4, 0.5) is 4.39 Å². The largest absolute Gasteiger partial charge is 0.461 e. The number of aryl methyl sites for hydroxylation is 2. The van der Waals surface area contributed by atoms with E-state index in [4.69, 9.17) is 13.9 Å². The average Bonchev–Trinajstić information content (AvgIpc) is 3.28. The fraction of sp³-hybridized carbons (Fsp3) is 0.516. The van der Waals surface area contributed by atoms with E-state index in [0.29, 0.717) is 18.4 Å². The lowest BCUT2D eigenvalue weighted by Crippen LogP contribution is -2.35. The van der Waals surface area contributed by atoms with E-state index in [0.717, 1.165) is 80.6 Å². The van der Waals surface area contributed by atoms with E-state index < -0.39 is 0 Å². The van der Waals surface area contributed by atoms with E-state index in [2.05, 4.69) is 34.9 Å². The zero-order valence-corrected chi connectivity index (χ0v) is 23.2. The molecule has 0 atom stereocenters. The van der Waals surface area contributed by atoms with Gasteiger partial charge in [0.1, 0.15) is 17.2 Å². The van der Waals surface area contributed by atoms with Crippen LogP contribution in [0.3, 0.4) is 0 Å². The minimum Gasteiger partial charge on any atom is -0.461 e. The van der Waals surface area contributed by atoms with Gasteiger partial charge in [0.25, 0.3) is 0 Å². The molecule has 0 unspecified atom stereocenters. The smallest absolute Gasteiger partial charge is 0.207 e. The van der Waals surface area contributed by atoms with Crippen LogP contribution in [-0.2, 0) is 33.7 Å². The number of fused-ring (bicyclic) bond motifs is 1. The molecule has 0 bridgehead atoms. The minimum atomic E-state index is -0.207. The third kappa shape index (κ3) is 10.6. The van der Waals surface area contributed by atoms with Gasteiger partial charge in [0.2, 0.25) is 6.41 Å². The van der Waals surface area contributed by atoms with Crippen LogP contribution in [0.2, 0.25) is 0 Å². The number of amides is 1. The maximum Gasteiger partial charge on any atom is 0.207 e. The lowest BCUT2D eigenvalue weighted by atomic mass is 9.75. The number of nitrogens with one attached hydrogen (secondary N) is 2. The van der Waals surface area contributed by atoms with Gasteiger partial charge in [-0.2, -0.15) is 0 Å². The quantitative estimate of drug-likeness (QED) is 0.222. The van der Waals surface area contributed by atoms with Crippen LogP contribution in [0.1, 0.15) is 50.5 Å². The summed E-state index contributed by atoms with van der Waals surface area (Å²) < 4.78 is 29.8. The van der Waals surface area contributed by atoms with Crippen LogP contribution >= 0.6 is 0 Å². The molecule has 1 aliphatic rings. The molecule has 1 amide bonds. The van der Waals surface area contributed by atoms with Gasteiger partial charge in [-0.15, -0.1) is 0 Å². The number of rotatable bonds is 13.